The zero-order chi connectivity index (χ0) is 9.52. The molecule has 0 unspecified atom stereocenters. The van der Waals surface area contributed by atoms with E-state index in [1.54, 1.807) is 0 Å². The van der Waals surface area contributed by atoms with Gasteiger partial charge in [0.2, 0.25) is 6.08 Å². The quantitative estimate of drug-likeness (QED) is 0.535. The molecule has 0 radical (unpaired) electrons. The topological polar surface area (TPSA) is 46.5 Å². The van der Waals surface area contributed by atoms with Crippen LogP contribution in [0, 0.1) is 0 Å². The van der Waals surface area contributed by atoms with Gasteiger partial charge >= 0.3 is 5.24 Å². The molecule has 4 heteroatoms. The largest absolute Gasteiger partial charge is 0.315 e. The van der Waals surface area contributed by atoms with Crippen LogP contribution in [0.2, 0.25) is 0 Å². The summed E-state index contributed by atoms with van der Waals surface area (Å²) in [5.74, 6) is 0.533. The lowest BCUT2D eigenvalue weighted by Gasteiger charge is -1.95. The zero-order valence-electron chi connectivity index (χ0n) is 6.77. The fraction of sp³-hybridized carbons (Fsp3) is 0.111. The van der Waals surface area contributed by atoms with Crippen molar-refractivity contribution in [1.82, 2.24) is 0 Å². The Morgan fingerprint density at radius 2 is 2.08 bits per heavy atom. The molecule has 0 heterocycles. The molecule has 13 heavy (non-hydrogen) atoms. The summed E-state index contributed by atoms with van der Waals surface area (Å²) >= 11 is 0.986. The minimum atomic E-state index is -0.501. The average Bonchev–Trinajstić information content (AvgIpc) is 2.17. The van der Waals surface area contributed by atoms with Crippen molar-refractivity contribution in [1.29, 1.82) is 0 Å². The van der Waals surface area contributed by atoms with Gasteiger partial charge < -0.3 is 0 Å². The standard InChI is InChI=1S/C9H7NO2S/c11-7-10-9(12)13-6-8-4-2-1-3-5-8/h1-5H,6H2. The maximum Gasteiger partial charge on any atom is 0.315 e. The first kappa shape index (κ1) is 9.71. The molecule has 0 aromatic heterocycles. The monoisotopic (exact) mass is 193 g/mol. The first-order valence-electron chi connectivity index (χ1n) is 3.61. The second kappa shape index (κ2) is 5.30. The van der Waals surface area contributed by atoms with Gasteiger partial charge in [-0.05, 0) is 5.56 Å². The molecule has 0 spiro atoms. The maximum atomic E-state index is 10.8. The van der Waals surface area contributed by atoms with Crippen molar-refractivity contribution in [2.45, 2.75) is 5.75 Å². The molecule has 0 bridgehead atoms. The zero-order valence-corrected chi connectivity index (χ0v) is 7.58. The summed E-state index contributed by atoms with van der Waals surface area (Å²) in [6.07, 6.45) is 1.21. The van der Waals surface area contributed by atoms with Crippen LogP contribution in [0.25, 0.3) is 0 Å². The number of rotatable bonds is 2. The van der Waals surface area contributed by atoms with Gasteiger partial charge in [-0.25, -0.2) is 4.79 Å². The minimum Gasteiger partial charge on any atom is -0.259 e. The summed E-state index contributed by atoms with van der Waals surface area (Å²) in [7, 11) is 0. The second-order valence-corrected chi connectivity index (χ2v) is 3.17. The second-order valence-electron chi connectivity index (χ2n) is 2.24. The maximum absolute atomic E-state index is 10.8. The van der Waals surface area contributed by atoms with E-state index in [9.17, 15) is 9.59 Å². The highest BCUT2D eigenvalue weighted by Gasteiger charge is 1.99. The van der Waals surface area contributed by atoms with Crippen LogP contribution >= 0.6 is 11.8 Å². The van der Waals surface area contributed by atoms with Crippen LogP contribution < -0.4 is 0 Å². The van der Waals surface area contributed by atoms with Crippen LogP contribution in [-0.4, -0.2) is 11.3 Å². The normalized spacial score (nSPS) is 8.92. The van der Waals surface area contributed by atoms with Gasteiger partial charge in [0.1, 0.15) is 0 Å². The van der Waals surface area contributed by atoms with E-state index in [0.717, 1.165) is 17.3 Å². The molecule has 1 amide bonds. The van der Waals surface area contributed by atoms with Gasteiger partial charge in [0.25, 0.3) is 0 Å². The lowest BCUT2D eigenvalue weighted by Crippen LogP contribution is -1.84. The first-order valence-corrected chi connectivity index (χ1v) is 4.60. The third kappa shape index (κ3) is 3.69. The van der Waals surface area contributed by atoms with Crippen LogP contribution in [0.4, 0.5) is 4.79 Å². The molecule has 0 aliphatic carbocycles. The fourth-order valence-corrected chi connectivity index (χ4v) is 1.37. The van der Waals surface area contributed by atoms with Crippen LogP contribution in [0.15, 0.2) is 35.3 Å². The van der Waals surface area contributed by atoms with Crippen molar-refractivity contribution in [3.05, 3.63) is 35.9 Å². The van der Waals surface area contributed by atoms with Crippen molar-refractivity contribution in [3.63, 3.8) is 0 Å². The number of carbonyl (C=O) groups excluding carboxylic acids is 2. The highest BCUT2D eigenvalue weighted by atomic mass is 32.2. The number of carbonyl (C=O) groups is 1. The van der Waals surface area contributed by atoms with Gasteiger partial charge in [-0.3, -0.25) is 4.79 Å². The number of hydrogen-bond donors (Lipinski definition) is 0. The smallest absolute Gasteiger partial charge is 0.259 e. The average molecular weight is 193 g/mol. The highest BCUT2D eigenvalue weighted by molar-refractivity contribution is 8.12. The molecule has 1 rings (SSSR count). The van der Waals surface area contributed by atoms with Crippen LogP contribution in [0.3, 0.4) is 0 Å². The minimum absolute atomic E-state index is 0.501. The third-order valence-corrected chi connectivity index (χ3v) is 2.16. The van der Waals surface area contributed by atoms with E-state index in [1.807, 2.05) is 30.3 Å². The van der Waals surface area contributed by atoms with Gasteiger partial charge in [-0.2, -0.15) is 0 Å². The van der Waals surface area contributed by atoms with Gasteiger partial charge in [0.15, 0.2) is 0 Å². The molecular weight excluding hydrogens is 186 g/mol. The van der Waals surface area contributed by atoms with E-state index < -0.39 is 5.24 Å². The number of benzene rings is 1. The van der Waals surface area contributed by atoms with Crippen molar-refractivity contribution in [2.75, 3.05) is 0 Å². The Morgan fingerprint density at radius 1 is 1.38 bits per heavy atom. The van der Waals surface area contributed by atoms with Gasteiger partial charge in [-0.1, -0.05) is 42.1 Å². The molecule has 0 saturated carbocycles. The van der Waals surface area contributed by atoms with E-state index in [1.165, 1.54) is 6.08 Å². The number of hydrogen-bond acceptors (Lipinski definition) is 3. The van der Waals surface area contributed by atoms with E-state index in [2.05, 4.69) is 4.99 Å². The van der Waals surface area contributed by atoms with Crippen LogP contribution in [0.1, 0.15) is 5.56 Å². The Balaban J connectivity index is 2.44. The van der Waals surface area contributed by atoms with Gasteiger partial charge in [0, 0.05) is 5.75 Å². The summed E-state index contributed by atoms with van der Waals surface area (Å²) in [4.78, 5) is 23.4. The molecular formula is C9H7NO2S. The molecule has 1 aromatic rings. The number of nitrogens with zero attached hydrogens (tertiary/aromatic N) is 1. The SMILES string of the molecule is O=C=NC(=O)SCc1ccccc1. The van der Waals surface area contributed by atoms with Crippen LogP contribution in [-0.2, 0) is 10.5 Å². The summed E-state index contributed by atoms with van der Waals surface area (Å²) in [6, 6.07) is 9.50. The van der Waals surface area contributed by atoms with E-state index >= 15 is 0 Å². The predicted octanol–water partition coefficient (Wildman–Crippen LogP) is 2.38. The summed E-state index contributed by atoms with van der Waals surface area (Å²) in [5.41, 5.74) is 1.03. The molecule has 66 valence electrons. The Bertz CT molecular complexity index is 331. The Kier molecular flexibility index (Phi) is 3.96. The number of amides is 1. The summed E-state index contributed by atoms with van der Waals surface area (Å²) < 4.78 is 0. The third-order valence-electron chi connectivity index (χ3n) is 1.34. The Morgan fingerprint density at radius 3 is 2.69 bits per heavy atom. The Hall–Kier alpha value is -1.38. The summed E-state index contributed by atoms with van der Waals surface area (Å²) in [6.45, 7) is 0. The molecule has 0 fully saturated rings. The molecule has 3 nitrogen and oxygen atoms in total. The van der Waals surface area contributed by atoms with E-state index in [4.69, 9.17) is 0 Å². The van der Waals surface area contributed by atoms with Gasteiger partial charge in [-0.15, -0.1) is 4.99 Å². The van der Waals surface area contributed by atoms with E-state index in [0.29, 0.717) is 5.75 Å². The molecule has 1 aromatic carbocycles. The Labute approximate surface area is 79.9 Å². The van der Waals surface area contributed by atoms with Crippen molar-refractivity contribution < 1.29 is 9.59 Å². The lowest BCUT2D eigenvalue weighted by molar-refractivity contribution is 0.267. The van der Waals surface area contributed by atoms with Crippen LogP contribution in [0.5, 0.6) is 0 Å². The lowest BCUT2D eigenvalue weighted by atomic mass is 10.2. The molecule has 0 atom stereocenters. The fourth-order valence-electron chi connectivity index (χ4n) is 0.789. The molecule has 0 aliphatic heterocycles. The molecule has 0 aliphatic rings. The van der Waals surface area contributed by atoms with Crippen molar-refractivity contribution in [3.8, 4) is 0 Å². The number of thioether (sulfide) groups is 1. The number of isocyanates is 1. The number of aliphatic imine (C=N–C) groups is 1. The molecule has 0 N–H and O–H groups in total. The van der Waals surface area contributed by atoms with Crippen molar-refractivity contribution >= 4 is 23.1 Å². The predicted molar refractivity (Wildman–Crippen MR) is 51.3 cm³/mol. The van der Waals surface area contributed by atoms with Crippen molar-refractivity contribution in [2.24, 2.45) is 4.99 Å². The first-order chi connectivity index (χ1) is 6.33. The van der Waals surface area contributed by atoms with Gasteiger partial charge in [0.05, 0.1) is 0 Å². The van der Waals surface area contributed by atoms with E-state index in [-0.39, 0.29) is 0 Å². The highest BCUT2D eigenvalue weighted by Crippen LogP contribution is 2.13. The summed E-state index contributed by atoms with van der Waals surface area (Å²) in [5, 5.41) is -0.501. The molecule has 0 saturated heterocycles.